The molecule has 0 spiro atoms. The van der Waals surface area contributed by atoms with Crippen LogP contribution in [0.15, 0.2) is 28.8 Å². The molecule has 0 radical (unpaired) electrons. The third kappa shape index (κ3) is 2.79. The van der Waals surface area contributed by atoms with E-state index in [0.717, 1.165) is 37.8 Å². The maximum absolute atomic E-state index is 12.5. The summed E-state index contributed by atoms with van der Waals surface area (Å²) >= 11 is 6.29. The summed E-state index contributed by atoms with van der Waals surface area (Å²) in [4.78, 5) is 0. The number of hydrogen-bond donors (Lipinski definition) is 0. The Hall–Kier alpha value is -1.49. The van der Waals surface area contributed by atoms with E-state index < -0.39 is 11.7 Å². The lowest BCUT2D eigenvalue weighted by molar-refractivity contribution is -0.137. The predicted molar refractivity (Wildman–Crippen MR) is 73.2 cm³/mol. The molecule has 2 nitrogen and oxygen atoms in total. The standard InChI is InChI=1S/C15H13ClF3NO/c16-12-13(20-21-14(12)10-3-1-2-4-10)9-5-7-11(8-6-9)15(17,18)19/h5-8,10H,1-4H2. The van der Waals surface area contributed by atoms with Crippen molar-refractivity contribution in [2.75, 3.05) is 0 Å². The quantitative estimate of drug-likeness (QED) is 0.713. The Morgan fingerprint density at radius 2 is 1.71 bits per heavy atom. The molecule has 0 amide bonds. The van der Waals surface area contributed by atoms with Crippen molar-refractivity contribution in [3.05, 3.63) is 40.6 Å². The minimum Gasteiger partial charge on any atom is -0.359 e. The van der Waals surface area contributed by atoms with Crippen molar-refractivity contribution in [1.29, 1.82) is 0 Å². The molecule has 1 aromatic carbocycles. The Morgan fingerprint density at radius 1 is 1.10 bits per heavy atom. The molecule has 3 rings (SSSR count). The highest BCUT2D eigenvalue weighted by Gasteiger charge is 2.31. The second-order valence-corrected chi connectivity index (χ2v) is 5.64. The summed E-state index contributed by atoms with van der Waals surface area (Å²) in [6, 6.07) is 4.78. The number of halogens is 4. The van der Waals surface area contributed by atoms with Crippen LogP contribution in [0.2, 0.25) is 5.02 Å². The van der Waals surface area contributed by atoms with Gasteiger partial charge in [0.25, 0.3) is 0 Å². The fraction of sp³-hybridized carbons (Fsp3) is 0.400. The van der Waals surface area contributed by atoms with Crippen molar-refractivity contribution < 1.29 is 17.7 Å². The minimum absolute atomic E-state index is 0.271. The molecule has 0 bridgehead atoms. The van der Waals surface area contributed by atoms with Crippen molar-refractivity contribution in [3.8, 4) is 11.3 Å². The van der Waals surface area contributed by atoms with Gasteiger partial charge in [-0.25, -0.2) is 0 Å². The first-order valence-electron chi connectivity index (χ1n) is 6.79. The van der Waals surface area contributed by atoms with E-state index in [1.54, 1.807) is 0 Å². The topological polar surface area (TPSA) is 26.0 Å². The largest absolute Gasteiger partial charge is 0.416 e. The van der Waals surface area contributed by atoms with Crippen molar-refractivity contribution in [2.45, 2.75) is 37.8 Å². The summed E-state index contributed by atoms with van der Waals surface area (Å²) < 4.78 is 43.0. The molecule has 0 unspecified atom stereocenters. The van der Waals surface area contributed by atoms with Crippen molar-refractivity contribution in [1.82, 2.24) is 5.16 Å². The highest BCUT2D eigenvalue weighted by atomic mass is 35.5. The van der Waals surface area contributed by atoms with Gasteiger partial charge in [-0.05, 0) is 25.0 Å². The Labute approximate surface area is 124 Å². The Bertz CT molecular complexity index is 627. The lowest BCUT2D eigenvalue weighted by Gasteiger charge is -2.06. The lowest BCUT2D eigenvalue weighted by atomic mass is 10.0. The third-order valence-electron chi connectivity index (χ3n) is 3.87. The van der Waals surface area contributed by atoms with Gasteiger partial charge in [0.2, 0.25) is 0 Å². The maximum Gasteiger partial charge on any atom is 0.416 e. The first kappa shape index (κ1) is 14.4. The van der Waals surface area contributed by atoms with E-state index in [2.05, 4.69) is 5.16 Å². The average molecular weight is 316 g/mol. The molecular formula is C15H13ClF3NO. The third-order valence-corrected chi connectivity index (χ3v) is 4.24. The summed E-state index contributed by atoms with van der Waals surface area (Å²) in [6.07, 6.45) is -0.0432. The van der Waals surface area contributed by atoms with Crippen LogP contribution >= 0.6 is 11.6 Å². The molecule has 1 aromatic heterocycles. The molecule has 1 heterocycles. The van der Waals surface area contributed by atoms with E-state index in [1.165, 1.54) is 12.1 Å². The Kier molecular flexibility index (Phi) is 3.69. The first-order valence-corrected chi connectivity index (χ1v) is 7.17. The molecule has 1 aliphatic rings. The van der Waals surface area contributed by atoms with E-state index in [1.807, 2.05) is 0 Å². The van der Waals surface area contributed by atoms with E-state index in [0.29, 0.717) is 22.0 Å². The van der Waals surface area contributed by atoms with Gasteiger partial charge in [0.1, 0.15) is 10.7 Å². The number of hydrogen-bond acceptors (Lipinski definition) is 2. The number of rotatable bonds is 2. The van der Waals surface area contributed by atoms with Gasteiger partial charge in [-0.2, -0.15) is 13.2 Å². The van der Waals surface area contributed by atoms with Crippen LogP contribution in [0.3, 0.4) is 0 Å². The Morgan fingerprint density at radius 3 is 2.29 bits per heavy atom. The van der Waals surface area contributed by atoms with E-state index in [9.17, 15) is 13.2 Å². The van der Waals surface area contributed by atoms with Crippen LogP contribution in [0.4, 0.5) is 13.2 Å². The highest BCUT2D eigenvalue weighted by Crippen LogP contribution is 2.41. The molecule has 0 atom stereocenters. The zero-order chi connectivity index (χ0) is 15.0. The molecule has 6 heteroatoms. The van der Waals surface area contributed by atoms with Crippen molar-refractivity contribution >= 4 is 11.6 Å². The van der Waals surface area contributed by atoms with Gasteiger partial charge in [-0.15, -0.1) is 0 Å². The Balaban J connectivity index is 1.90. The molecule has 1 fully saturated rings. The minimum atomic E-state index is -4.35. The van der Waals surface area contributed by atoms with Crippen LogP contribution in [0.5, 0.6) is 0 Å². The number of benzene rings is 1. The summed E-state index contributed by atoms with van der Waals surface area (Å²) in [5.74, 6) is 0.928. The lowest BCUT2D eigenvalue weighted by Crippen LogP contribution is -2.04. The summed E-state index contributed by atoms with van der Waals surface area (Å²) in [7, 11) is 0. The molecule has 0 saturated heterocycles. The van der Waals surface area contributed by atoms with E-state index >= 15 is 0 Å². The van der Waals surface area contributed by atoms with Gasteiger partial charge < -0.3 is 4.52 Å². The van der Waals surface area contributed by atoms with E-state index in [4.69, 9.17) is 16.1 Å². The number of nitrogens with zero attached hydrogens (tertiary/aromatic N) is 1. The first-order chi connectivity index (χ1) is 9.97. The monoisotopic (exact) mass is 315 g/mol. The fourth-order valence-corrected chi connectivity index (χ4v) is 3.06. The van der Waals surface area contributed by atoms with Crippen LogP contribution in [0, 0.1) is 0 Å². The molecule has 1 saturated carbocycles. The van der Waals surface area contributed by atoms with Crippen molar-refractivity contribution in [3.63, 3.8) is 0 Å². The second kappa shape index (κ2) is 5.37. The van der Waals surface area contributed by atoms with Crippen LogP contribution in [-0.2, 0) is 6.18 Å². The zero-order valence-electron chi connectivity index (χ0n) is 11.1. The van der Waals surface area contributed by atoms with Gasteiger partial charge in [0.05, 0.1) is 5.56 Å². The predicted octanol–water partition coefficient (Wildman–Crippen LogP) is 5.67. The highest BCUT2D eigenvalue weighted by molar-refractivity contribution is 6.33. The molecule has 112 valence electrons. The number of alkyl halides is 3. The molecular weight excluding hydrogens is 303 g/mol. The van der Waals surface area contributed by atoms with Gasteiger partial charge in [0.15, 0.2) is 5.76 Å². The summed E-state index contributed by atoms with van der Waals surface area (Å²) in [6.45, 7) is 0. The van der Waals surface area contributed by atoms with Crippen LogP contribution < -0.4 is 0 Å². The zero-order valence-corrected chi connectivity index (χ0v) is 11.8. The normalized spacial score (nSPS) is 16.6. The second-order valence-electron chi connectivity index (χ2n) is 5.27. The van der Waals surface area contributed by atoms with Crippen LogP contribution in [-0.4, -0.2) is 5.16 Å². The van der Waals surface area contributed by atoms with E-state index in [-0.39, 0.29) is 5.92 Å². The van der Waals surface area contributed by atoms with Crippen molar-refractivity contribution in [2.24, 2.45) is 0 Å². The molecule has 21 heavy (non-hydrogen) atoms. The van der Waals surface area contributed by atoms with Gasteiger partial charge in [-0.3, -0.25) is 0 Å². The SMILES string of the molecule is FC(F)(F)c1ccc(-c2noc(C3CCCC3)c2Cl)cc1. The molecule has 2 aromatic rings. The maximum atomic E-state index is 12.5. The average Bonchev–Trinajstić information content (AvgIpc) is 3.07. The smallest absolute Gasteiger partial charge is 0.359 e. The van der Waals surface area contributed by atoms with Crippen LogP contribution in [0.25, 0.3) is 11.3 Å². The molecule has 1 aliphatic carbocycles. The van der Waals surface area contributed by atoms with Gasteiger partial charge in [-0.1, -0.05) is 41.7 Å². The number of aromatic nitrogens is 1. The van der Waals surface area contributed by atoms with Crippen LogP contribution in [0.1, 0.15) is 42.9 Å². The van der Waals surface area contributed by atoms with Gasteiger partial charge in [0, 0.05) is 11.5 Å². The fourth-order valence-electron chi connectivity index (χ4n) is 2.73. The molecule has 0 aliphatic heterocycles. The summed E-state index contributed by atoms with van der Waals surface area (Å²) in [5.41, 5.74) is 0.246. The molecule has 0 N–H and O–H groups in total. The summed E-state index contributed by atoms with van der Waals surface area (Å²) in [5, 5.41) is 4.35. The van der Waals surface area contributed by atoms with Gasteiger partial charge >= 0.3 is 6.18 Å².